The molecule has 1 aliphatic rings. The van der Waals surface area contributed by atoms with Gasteiger partial charge in [0, 0.05) is 41.1 Å². The Labute approximate surface area is 159 Å². The van der Waals surface area contributed by atoms with Gasteiger partial charge >= 0.3 is 0 Å². The van der Waals surface area contributed by atoms with E-state index in [0.717, 1.165) is 35.6 Å². The topological polar surface area (TPSA) is 28.4 Å². The van der Waals surface area contributed by atoms with Crippen LogP contribution in [-0.2, 0) is 25.1 Å². The molecular weight excluding hydrogens is 344 g/mol. The number of nitrogens with zero attached hydrogens (tertiary/aromatic N) is 2. The number of halogens is 1. The third kappa shape index (κ3) is 3.05. The van der Waals surface area contributed by atoms with Gasteiger partial charge in [-0.3, -0.25) is 0 Å². The number of fused-ring (bicyclic) bond motifs is 3. The van der Waals surface area contributed by atoms with Gasteiger partial charge in [-0.1, -0.05) is 41.4 Å². The fourth-order valence-corrected chi connectivity index (χ4v) is 4.22. The minimum absolute atomic E-state index is 0.535. The van der Waals surface area contributed by atoms with Crippen molar-refractivity contribution < 1.29 is 5.11 Å². The first-order chi connectivity index (χ1) is 12.3. The lowest BCUT2D eigenvalue weighted by atomic mass is 9.94. The molecule has 136 valence electrons. The lowest BCUT2D eigenvalue weighted by Crippen LogP contribution is -2.31. The minimum Gasteiger partial charge on any atom is -0.384 e. The van der Waals surface area contributed by atoms with Crippen molar-refractivity contribution in [3.05, 3.63) is 69.9 Å². The van der Waals surface area contributed by atoms with Crippen molar-refractivity contribution in [3.8, 4) is 0 Å². The Morgan fingerprint density at radius 2 is 1.88 bits per heavy atom. The van der Waals surface area contributed by atoms with Gasteiger partial charge < -0.3 is 14.6 Å². The largest absolute Gasteiger partial charge is 0.384 e. The summed E-state index contributed by atoms with van der Waals surface area (Å²) < 4.78 is 2.30. The summed E-state index contributed by atoms with van der Waals surface area (Å²) in [6, 6.07) is 14.3. The van der Waals surface area contributed by atoms with E-state index in [-0.39, 0.29) is 0 Å². The van der Waals surface area contributed by atoms with E-state index in [1.807, 2.05) is 25.1 Å². The van der Waals surface area contributed by atoms with E-state index in [1.54, 1.807) is 0 Å². The van der Waals surface area contributed by atoms with E-state index in [1.165, 1.54) is 22.2 Å². The van der Waals surface area contributed by atoms with Gasteiger partial charge in [-0.25, -0.2) is 0 Å². The van der Waals surface area contributed by atoms with Crippen LogP contribution in [-0.4, -0.2) is 28.2 Å². The van der Waals surface area contributed by atoms with Crippen LogP contribution >= 0.6 is 11.6 Å². The highest BCUT2D eigenvalue weighted by Gasteiger charge is 2.29. The van der Waals surface area contributed by atoms with Crippen LogP contribution in [0, 0.1) is 6.92 Å². The summed E-state index contributed by atoms with van der Waals surface area (Å²) in [7, 11) is 2.15. The fourth-order valence-electron chi connectivity index (χ4n) is 4.05. The zero-order valence-electron chi connectivity index (χ0n) is 15.6. The summed E-state index contributed by atoms with van der Waals surface area (Å²) in [6.07, 6.45) is 0.988. The molecule has 3 aromatic rings. The second-order valence-electron chi connectivity index (χ2n) is 7.80. The third-order valence-corrected chi connectivity index (χ3v) is 5.78. The number of hydrogen-bond donors (Lipinski definition) is 1. The Morgan fingerprint density at radius 1 is 1.15 bits per heavy atom. The highest BCUT2D eigenvalue weighted by molar-refractivity contribution is 6.31. The van der Waals surface area contributed by atoms with Crippen LogP contribution in [0.2, 0.25) is 5.02 Å². The molecule has 0 spiro atoms. The average Bonchev–Trinajstić information content (AvgIpc) is 2.87. The molecule has 0 saturated carbocycles. The smallest absolute Gasteiger partial charge is 0.105 e. The number of aliphatic hydroxyl groups is 1. The Hall–Kier alpha value is -1.81. The molecule has 2 heterocycles. The molecule has 2 aromatic carbocycles. The van der Waals surface area contributed by atoms with Gasteiger partial charge in [0.25, 0.3) is 0 Å². The second kappa shape index (κ2) is 6.41. The Morgan fingerprint density at radius 3 is 2.62 bits per heavy atom. The molecule has 1 aromatic heterocycles. The number of aromatic nitrogens is 1. The molecule has 1 N–H and O–H groups in total. The molecule has 0 amide bonds. The van der Waals surface area contributed by atoms with E-state index in [9.17, 15) is 5.11 Å². The number of likely N-dealkylation sites (N-methyl/N-ethyl adjacent to an activating group) is 1. The van der Waals surface area contributed by atoms with Crippen LogP contribution in [0.1, 0.15) is 29.3 Å². The van der Waals surface area contributed by atoms with Crippen molar-refractivity contribution >= 4 is 22.5 Å². The van der Waals surface area contributed by atoms with Gasteiger partial charge in [0.1, 0.15) is 5.60 Å². The molecule has 4 rings (SSSR count). The van der Waals surface area contributed by atoms with Crippen molar-refractivity contribution in [3.63, 3.8) is 0 Å². The lowest BCUT2D eigenvalue weighted by molar-refractivity contribution is 0.0385. The molecule has 0 saturated heterocycles. The van der Waals surface area contributed by atoms with Crippen LogP contribution in [0.15, 0.2) is 42.5 Å². The minimum atomic E-state index is -0.934. The van der Waals surface area contributed by atoms with E-state index in [0.29, 0.717) is 6.54 Å². The van der Waals surface area contributed by atoms with E-state index >= 15 is 0 Å². The zero-order valence-corrected chi connectivity index (χ0v) is 16.3. The van der Waals surface area contributed by atoms with Crippen molar-refractivity contribution in [2.45, 2.75) is 39.0 Å². The standard InChI is InChI=1S/C22H25ClN2O/c1-15-4-6-16(7-5-15)22(2,26)14-25-20-9-8-17(23)12-18(20)19-13-24(3)11-10-21(19)25/h4-9,12,26H,10-11,13-14H2,1-3H3. The Balaban J connectivity index is 1.82. The second-order valence-corrected chi connectivity index (χ2v) is 8.24. The third-order valence-electron chi connectivity index (χ3n) is 5.55. The molecule has 0 aliphatic carbocycles. The molecule has 3 nitrogen and oxygen atoms in total. The summed E-state index contributed by atoms with van der Waals surface area (Å²) in [5.74, 6) is 0. The highest BCUT2D eigenvalue weighted by atomic mass is 35.5. The van der Waals surface area contributed by atoms with E-state index in [2.05, 4.69) is 47.7 Å². The maximum Gasteiger partial charge on any atom is 0.105 e. The average molecular weight is 369 g/mol. The normalized spacial score (nSPS) is 17.3. The van der Waals surface area contributed by atoms with Crippen LogP contribution in [0.3, 0.4) is 0 Å². The van der Waals surface area contributed by atoms with Gasteiger partial charge in [0.2, 0.25) is 0 Å². The van der Waals surface area contributed by atoms with E-state index in [4.69, 9.17) is 11.6 Å². The maximum absolute atomic E-state index is 11.3. The van der Waals surface area contributed by atoms with Gasteiger partial charge in [-0.2, -0.15) is 0 Å². The molecule has 26 heavy (non-hydrogen) atoms. The molecule has 0 fully saturated rings. The van der Waals surface area contributed by atoms with Gasteiger partial charge in [0.05, 0.1) is 6.54 Å². The predicted molar refractivity (Wildman–Crippen MR) is 108 cm³/mol. The monoisotopic (exact) mass is 368 g/mol. The summed E-state index contributed by atoms with van der Waals surface area (Å²) in [5.41, 5.74) is 5.04. The summed E-state index contributed by atoms with van der Waals surface area (Å²) in [5, 5.41) is 13.2. The first-order valence-corrected chi connectivity index (χ1v) is 9.50. The van der Waals surface area contributed by atoms with Crippen molar-refractivity contribution in [2.24, 2.45) is 0 Å². The van der Waals surface area contributed by atoms with Crippen LogP contribution < -0.4 is 0 Å². The molecular formula is C22H25ClN2O. The van der Waals surface area contributed by atoms with Crippen LogP contribution in [0.25, 0.3) is 10.9 Å². The lowest BCUT2D eigenvalue weighted by Gasteiger charge is -2.29. The quantitative estimate of drug-likeness (QED) is 0.737. The van der Waals surface area contributed by atoms with Gasteiger partial charge in [-0.05, 0) is 50.2 Å². The Bertz CT molecular complexity index is 956. The molecule has 0 bridgehead atoms. The van der Waals surface area contributed by atoms with Crippen molar-refractivity contribution in [1.29, 1.82) is 0 Å². The first kappa shape index (κ1) is 17.6. The van der Waals surface area contributed by atoms with Crippen molar-refractivity contribution in [1.82, 2.24) is 9.47 Å². The highest BCUT2D eigenvalue weighted by Crippen LogP contribution is 2.35. The van der Waals surface area contributed by atoms with Gasteiger partial charge in [-0.15, -0.1) is 0 Å². The maximum atomic E-state index is 11.3. The van der Waals surface area contributed by atoms with E-state index < -0.39 is 5.60 Å². The summed E-state index contributed by atoms with van der Waals surface area (Å²) >= 11 is 6.28. The number of aryl methyl sites for hydroxylation is 1. The number of benzene rings is 2. The first-order valence-electron chi connectivity index (χ1n) is 9.13. The van der Waals surface area contributed by atoms with Gasteiger partial charge in [0.15, 0.2) is 0 Å². The fraction of sp³-hybridized carbons (Fsp3) is 0.364. The molecule has 4 heteroatoms. The molecule has 1 aliphatic heterocycles. The number of hydrogen-bond acceptors (Lipinski definition) is 2. The SMILES string of the molecule is Cc1ccc(C(C)(O)Cn2c3c(c4cc(Cl)ccc42)CN(C)CC3)cc1. The zero-order chi connectivity index (χ0) is 18.5. The number of rotatable bonds is 3. The molecule has 1 atom stereocenters. The van der Waals surface area contributed by atoms with Crippen LogP contribution in [0.4, 0.5) is 0 Å². The predicted octanol–water partition coefficient (Wildman–Crippen LogP) is 4.50. The van der Waals surface area contributed by atoms with Crippen molar-refractivity contribution in [2.75, 3.05) is 13.6 Å². The summed E-state index contributed by atoms with van der Waals surface area (Å²) in [4.78, 5) is 2.34. The Kier molecular flexibility index (Phi) is 4.34. The van der Waals surface area contributed by atoms with Crippen LogP contribution in [0.5, 0.6) is 0 Å². The summed E-state index contributed by atoms with van der Waals surface area (Å²) in [6.45, 7) is 6.46. The molecule has 1 unspecified atom stereocenters. The molecule has 0 radical (unpaired) electrons.